The quantitative estimate of drug-likeness (QED) is 0.804. The second-order valence-electron chi connectivity index (χ2n) is 5.31. The number of carbonyl (C=O) groups excluding carboxylic acids is 1. The molecule has 1 N–H and O–H groups in total. The van der Waals surface area contributed by atoms with Crippen molar-refractivity contribution in [2.24, 2.45) is 0 Å². The highest BCUT2D eigenvalue weighted by atomic mass is 32.1. The molecular weight excluding hydrogens is 282 g/mol. The molecule has 2 aromatic heterocycles. The van der Waals surface area contributed by atoms with E-state index in [2.05, 4.69) is 28.6 Å². The number of amides is 1. The van der Waals surface area contributed by atoms with Crippen LogP contribution in [0.5, 0.6) is 0 Å². The average Bonchev–Trinajstić information content (AvgIpc) is 3.04. The van der Waals surface area contributed by atoms with Crippen LogP contribution in [0.3, 0.4) is 0 Å². The first kappa shape index (κ1) is 13.8. The molecule has 5 heteroatoms. The lowest BCUT2D eigenvalue weighted by molar-refractivity contribution is 0.0782. The number of hydrogen-bond acceptors (Lipinski definition) is 3. The highest BCUT2D eigenvalue weighted by molar-refractivity contribution is 7.10. The van der Waals surface area contributed by atoms with E-state index in [1.165, 1.54) is 10.4 Å². The largest absolute Gasteiger partial charge is 0.335 e. The molecule has 0 bridgehead atoms. The van der Waals surface area contributed by atoms with Crippen LogP contribution >= 0.6 is 11.3 Å². The Labute approximate surface area is 127 Å². The molecule has 0 radical (unpaired) electrons. The van der Waals surface area contributed by atoms with Crippen LogP contribution in [-0.4, -0.2) is 28.1 Å². The Hall–Kier alpha value is -2.14. The summed E-state index contributed by atoms with van der Waals surface area (Å²) in [5.41, 5.74) is 3.73. The molecule has 0 saturated heterocycles. The maximum absolute atomic E-state index is 12.6. The van der Waals surface area contributed by atoms with E-state index < -0.39 is 0 Å². The van der Waals surface area contributed by atoms with Gasteiger partial charge in [0.1, 0.15) is 0 Å². The van der Waals surface area contributed by atoms with Gasteiger partial charge in [0.2, 0.25) is 0 Å². The van der Waals surface area contributed by atoms with E-state index >= 15 is 0 Å². The van der Waals surface area contributed by atoms with Gasteiger partial charge < -0.3 is 4.90 Å². The van der Waals surface area contributed by atoms with Crippen LogP contribution in [0.2, 0.25) is 0 Å². The predicted octanol–water partition coefficient (Wildman–Crippen LogP) is 3.51. The normalized spacial score (nSPS) is 11.0. The molecule has 0 atom stereocenters. The van der Waals surface area contributed by atoms with Crippen LogP contribution in [0, 0.1) is 13.8 Å². The Morgan fingerprint density at radius 2 is 2.14 bits per heavy atom. The van der Waals surface area contributed by atoms with Crippen molar-refractivity contribution in [2.75, 3.05) is 7.05 Å². The molecule has 3 rings (SSSR count). The molecule has 0 spiro atoms. The molecule has 2 heterocycles. The monoisotopic (exact) mass is 299 g/mol. The van der Waals surface area contributed by atoms with Crippen LogP contribution in [0.25, 0.3) is 10.9 Å². The fourth-order valence-corrected chi connectivity index (χ4v) is 3.28. The van der Waals surface area contributed by atoms with Crippen molar-refractivity contribution in [3.05, 3.63) is 51.3 Å². The summed E-state index contributed by atoms with van der Waals surface area (Å²) < 4.78 is 0. The first-order valence-electron chi connectivity index (χ1n) is 6.79. The zero-order chi connectivity index (χ0) is 15.0. The van der Waals surface area contributed by atoms with Crippen LogP contribution in [0.15, 0.2) is 29.6 Å². The van der Waals surface area contributed by atoms with Crippen LogP contribution in [-0.2, 0) is 6.54 Å². The number of carbonyl (C=O) groups is 1. The molecule has 0 fully saturated rings. The Balaban J connectivity index is 1.89. The fourth-order valence-electron chi connectivity index (χ4n) is 2.32. The maximum Gasteiger partial charge on any atom is 0.275 e. The lowest BCUT2D eigenvalue weighted by atomic mass is 10.1. The molecule has 1 aromatic carbocycles. The topological polar surface area (TPSA) is 49.0 Å². The highest BCUT2D eigenvalue weighted by Gasteiger charge is 2.19. The maximum atomic E-state index is 12.6. The van der Waals surface area contributed by atoms with Crippen molar-refractivity contribution < 1.29 is 4.79 Å². The van der Waals surface area contributed by atoms with Crippen LogP contribution in [0.4, 0.5) is 0 Å². The van der Waals surface area contributed by atoms with Crippen molar-refractivity contribution in [1.82, 2.24) is 15.1 Å². The highest BCUT2D eigenvalue weighted by Crippen LogP contribution is 2.21. The summed E-state index contributed by atoms with van der Waals surface area (Å²) in [4.78, 5) is 15.5. The van der Waals surface area contributed by atoms with Crippen molar-refractivity contribution in [1.29, 1.82) is 0 Å². The molecule has 108 valence electrons. The van der Waals surface area contributed by atoms with Crippen molar-refractivity contribution in [3.8, 4) is 0 Å². The number of hydrogen-bond donors (Lipinski definition) is 1. The summed E-state index contributed by atoms with van der Waals surface area (Å²) in [6.07, 6.45) is 0. The number of rotatable bonds is 3. The van der Waals surface area contributed by atoms with Crippen molar-refractivity contribution >= 4 is 28.1 Å². The molecule has 21 heavy (non-hydrogen) atoms. The van der Waals surface area contributed by atoms with Gasteiger partial charge in [-0.05, 0) is 43.0 Å². The molecular formula is C16H17N3OS. The number of fused-ring (bicyclic) bond motifs is 1. The first-order valence-corrected chi connectivity index (χ1v) is 7.67. The number of aromatic amines is 1. The van der Waals surface area contributed by atoms with E-state index in [1.807, 2.05) is 32.2 Å². The second-order valence-corrected chi connectivity index (χ2v) is 6.31. The summed E-state index contributed by atoms with van der Waals surface area (Å²) in [6, 6.07) is 8.03. The number of thiophene rings is 1. The third-order valence-electron chi connectivity index (χ3n) is 3.62. The van der Waals surface area contributed by atoms with Gasteiger partial charge in [-0.3, -0.25) is 9.89 Å². The van der Waals surface area contributed by atoms with E-state index in [1.54, 1.807) is 16.2 Å². The smallest absolute Gasteiger partial charge is 0.275 e. The Morgan fingerprint density at radius 1 is 1.33 bits per heavy atom. The summed E-state index contributed by atoms with van der Waals surface area (Å²) in [5, 5.41) is 10.1. The SMILES string of the molecule is Cc1ccc2[nH]nc(C(=O)N(C)Cc3sccc3C)c2c1. The fraction of sp³-hybridized carbons (Fsp3) is 0.250. The van der Waals surface area contributed by atoms with Gasteiger partial charge in [0.05, 0.1) is 12.1 Å². The van der Waals surface area contributed by atoms with E-state index in [0.29, 0.717) is 12.2 Å². The predicted molar refractivity (Wildman–Crippen MR) is 85.7 cm³/mol. The van der Waals surface area contributed by atoms with Gasteiger partial charge in [-0.2, -0.15) is 5.10 Å². The van der Waals surface area contributed by atoms with Gasteiger partial charge in [0.15, 0.2) is 5.69 Å². The average molecular weight is 299 g/mol. The minimum atomic E-state index is -0.0559. The molecule has 4 nitrogen and oxygen atoms in total. The number of nitrogens with one attached hydrogen (secondary N) is 1. The Morgan fingerprint density at radius 3 is 2.86 bits per heavy atom. The third kappa shape index (κ3) is 2.56. The molecule has 0 aliphatic carbocycles. The number of aryl methyl sites for hydroxylation is 2. The van der Waals surface area contributed by atoms with E-state index in [0.717, 1.165) is 16.5 Å². The van der Waals surface area contributed by atoms with E-state index in [4.69, 9.17) is 0 Å². The molecule has 0 unspecified atom stereocenters. The standard InChI is InChI=1S/C16H17N3OS/c1-10-4-5-13-12(8-10)15(18-17-13)16(20)19(3)9-14-11(2)6-7-21-14/h4-8H,9H2,1-3H3,(H,17,18). The number of benzene rings is 1. The van der Waals surface area contributed by atoms with Crippen LogP contribution < -0.4 is 0 Å². The zero-order valence-corrected chi connectivity index (χ0v) is 13.1. The zero-order valence-electron chi connectivity index (χ0n) is 12.3. The number of aromatic nitrogens is 2. The minimum absolute atomic E-state index is 0.0559. The minimum Gasteiger partial charge on any atom is -0.335 e. The van der Waals surface area contributed by atoms with Gasteiger partial charge in [0, 0.05) is 17.3 Å². The molecule has 1 amide bonds. The summed E-state index contributed by atoms with van der Waals surface area (Å²) >= 11 is 1.68. The molecule has 3 aromatic rings. The Kier molecular flexibility index (Phi) is 3.51. The van der Waals surface area contributed by atoms with Gasteiger partial charge in [-0.25, -0.2) is 0 Å². The molecule has 0 aliphatic rings. The van der Waals surface area contributed by atoms with Crippen molar-refractivity contribution in [2.45, 2.75) is 20.4 Å². The van der Waals surface area contributed by atoms with E-state index in [-0.39, 0.29) is 5.91 Å². The van der Waals surface area contributed by atoms with E-state index in [9.17, 15) is 4.79 Å². The third-order valence-corrected chi connectivity index (χ3v) is 4.62. The summed E-state index contributed by atoms with van der Waals surface area (Å²) in [6.45, 7) is 4.69. The number of H-pyrrole nitrogens is 1. The van der Waals surface area contributed by atoms with Gasteiger partial charge in [-0.1, -0.05) is 11.6 Å². The van der Waals surface area contributed by atoms with Crippen molar-refractivity contribution in [3.63, 3.8) is 0 Å². The number of nitrogens with zero attached hydrogens (tertiary/aromatic N) is 2. The first-order chi connectivity index (χ1) is 10.1. The second kappa shape index (κ2) is 5.33. The lowest BCUT2D eigenvalue weighted by Gasteiger charge is -2.15. The molecule has 0 saturated carbocycles. The summed E-state index contributed by atoms with van der Waals surface area (Å²) in [7, 11) is 1.82. The van der Waals surface area contributed by atoms with Gasteiger partial charge >= 0.3 is 0 Å². The lowest BCUT2D eigenvalue weighted by Crippen LogP contribution is -2.26. The van der Waals surface area contributed by atoms with Gasteiger partial charge in [0.25, 0.3) is 5.91 Å². The Bertz CT molecular complexity index is 803. The molecule has 0 aliphatic heterocycles. The van der Waals surface area contributed by atoms with Crippen LogP contribution in [0.1, 0.15) is 26.5 Å². The summed E-state index contributed by atoms with van der Waals surface area (Å²) in [5.74, 6) is -0.0559. The van der Waals surface area contributed by atoms with Gasteiger partial charge in [-0.15, -0.1) is 11.3 Å².